The molecule has 5 nitrogen and oxygen atoms in total. The zero-order chi connectivity index (χ0) is 16.4. The van der Waals surface area contributed by atoms with Gasteiger partial charge in [0, 0.05) is 5.56 Å². The summed E-state index contributed by atoms with van der Waals surface area (Å²) >= 11 is 6.19. The zero-order valence-corrected chi connectivity index (χ0v) is 13.5. The quantitative estimate of drug-likeness (QED) is 0.780. The molecule has 0 aliphatic heterocycles. The number of nitrogens with one attached hydrogen (secondary N) is 1. The van der Waals surface area contributed by atoms with Crippen LogP contribution in [0.5, 0.6) is 0 Å². The minimum Gasteiger partial charge on any atom is -0.465 e. The van der Waals surface area contributed by atoms with Crippen molar-refractivity contribution in [3.8, 4) is 11.3 Å². The third-order valence-electron chi connectivity index (χ3n) is 3.44. The molecule has 0 fully saturated rings. The Kier molecular flexibility index (Phi) is 4.21. The van der Waals surface area contributed by atoms with Crippen molar-refractivity contribution in [2.24, 2.45) is 0 Å². The van der Waals surface area contributed by atoms with Crippen LogP contribution in [0, 0.1) is 13.8 Å². The lowest BCUT2D eigenvalue weighted by Crippen LogP contribution is -2.23. The predicted octanol–water partition coefficient (Wildman–Crippen LogP) is 4.13. The largest absolute Gasteiger partial charge is 0.465 e. The smallest absolute Gasteiger partial charge is 0.257 e. The van der Waals surface area contributed by atoms with Gasteiger partial charge in [0.15, 0.2) is 0 Å². The first-order chi connectivity index (χ1) is 11.1. The number of aryl methyl sites for hydroxylation is 2. The van der Waals surface area contributed by atoms with E-state index >= 15 is 0 Å². The molecule has 0 aliphatic carbocycles. The Hall–Kier alpha value is -2.53. The number of carbonyl (C=O) groups is 1. The van der Waals surface area contributed by atoms with Crippen LogP contribution >= 0.6 is 11.6 Å². The van der Waals surface area contributed by atoms with Gasteiger partial charge in [-0.2, -0.15) is 0 Å². The fourth-order valence-electron chi connectivity index (χ4n) is 2.31. The Morgan fingerprint density at radius 1 is 1.22 bits per heavy atom. The number of nitrogens with zero attached hydrogens (tertiary/aromatic N) is 1. The molecule has 0 saturated heterocycles. The van der Waals surface area contributed by atoms with Gasteiger partial charge in [0.1, 0.15) is 28.5 Å². The highest BCUT2D eigenvalue weighted by atomic mass is 35.5. The number of halogens is 1. The van der Waals surface area contributed by atoms with Crippen LogP contribution in [0.25, 0.3) is 11.3 Å². The molecule has 0 saturated carbocycles. The number of furan rings is 1. The van der Waals surface area contributed by atoms with Crippen LogP contribution in [-0.4, -0.2) is 11.1 Å². The molecule has 118 valence electrons. The number of hydrogen-bond acceptors (Lipinski definition) is 4. The second kappa shape index (κ2) is 6.30. The second-order valence-corrected chi connectivity index (χ2v) is 5.54. The highest BCUT2D eigenvalue weighted by molar-refractivity contribution is 6.33. The van der Waals surface area contributed by atoms with E-state index in [0.29, 0.717) is 39.9 Å². The lowest BCUT2D eigenvalue weighted by molar-refractivity contribution is 0.0947. The zero-order valence-electron chi connectivity index (χ0n) is 12.7. The van der Waals surface area contributed by atoms with Crippen LogP contribution in [0.15, 0.2) is 45.3 Å². The van der Waals surface area contributed by atoms with Gasteiger partial charge in [-0.3, -0.25) is 4.79 Å². The fraction of sp³-hybridized carbons (Fsp3) is 0.176. The Morgan fingerprint density at radius 2 is 2.00 bits per heavy atom. The van der Waals surface area contributed by atoms with Crippen molar-refractivity contribution in [3.05, 3.63) is 64.3 Å². The molecule has 0 atom stereocenters. The van der Waals surface area contributed by atoms with Crippen LogP contribution in [0.1, 0.15) is 27.6 Å². The summed E-state index contributed by atoms with van der Waals surface area (Å²) in [5.74, 6) is 1.64. The normalized spacial score (nSPS) is 10.7. The standard InChI is InChI=1S/C17H15ClN2O3/c1-10-7-8-12(22-10)9-19-17(21)15-11(2)23-20-16(15)13-5-3-4-6-14(13)18/h3-8H,9H2,1-2H3,(H,19,21). The van der Waals surface area contributed by atoms with E-state index in [1.165, 1.54) is 0 Å². The monoisotopic (exact) mass is 330 g/mol. The molecular weight excluding hydrogens is 316 g/mol. The molecule has 6 heteroatoms. The van der Waals surface area contributed by atoms with Crippen LogP contribution < -0.4 is 5.32 Å². The average molecular weight is 331 g/mol. The minimum atomic E-state index is -0.285. The van der Waals surface area contributed by atoms with Gasteiger partial charge in [0.2, 0.25) is 0 Å². The number of benzene rings is 1. The van der Waals surface area contributed by atoms with E-state index in [4.69, 9.17) is 20.5 Å². The minimum absolute atomic E-state index is 0.285. The first kappa shape index (κ1) is 15.4. The topological polar surface area (TPSA) is 68.3 Å². The maximum atomic E-state index is 12.5. The Balaban J connectivity index is 1.86. The van der Waals surface area contributed by atoms with Crippen molar-refractivity contribution in [2.45, 2.75) is 20.4 Å². The van der Waals surface area contributed by atoms with Gasteiger partial charge in [0.05, 0.1) is 11.6 Å². The maximum Gasteiger partial charge on any atom is 0.257 e. The molecule has 23 heavy (non-hydrogen) atoms. The number of rotatable bonds is 4. The van der Waals surface area contributed by atoms with Gasteiger partial charge >= 0.3 is 0 Å². The second-order valence-electron chi connectivity index (χ2n) is 5.14. The lowest BCUT2D eigenvalue weighted by atomic mass is 10.1. The first-order valence-corrected chi connectivity index (χ1v) is 7.48. The third kappa shape index (κ3) is 3.14. The van der Waals surface area contributed by atoms with Gasteiger partial charge in [-0.25, -0.2) is 0 Å². The molecule has 0 bridgehead atoms. The van der Waals surface area contributed by atoms with Crippen molar-refractivity contribution in [3.63, 3.8) is 0 Å². The molecule has 2 aromatic heterocycles. The Bertz CT molecular complexity index is 851. The van der Waals surface area contributed by atoms with Gasteiger partial charge in [0.25, 0.3) is 5.91 Å². The maximum absolute atomic E-state index is 12.5. The molecule has 0 radical (unpaired) electrons. The first-order valence-electron chi connectivity index (χ1n) is 7.11. The average Bonchev–Trinajstić information content (AvgIpc) is 3.11. The van der Waals surface area contributed by atoms with Crippen molar-refractivity contribution in [2.75, 3.05) is 0 Å². The molecule has 0 unspecified atom stereocenters. The fourth-order valence-corrected chi connectivity index (χ4v) is 2.54. The summed E-state index contributed by atoms with van der Waals surface area (Å²) < 4.78 is 10.6. The molecule has 0 aliphatic rings. The van der Waals surface area contributed by atoms with Crippen molar-refractivity contribution in [1.82, 2.24) is 10.5 Å². The molecule has 1 N–H and O–H groups in total. The summed E-state index contributed by atoms with van der Waals surface area (Å²) in [6, 6.07) is 10.9. The molecular formula is C17H15ClN2O3. The SMILES string of the molecule is Cc1ccc(CNC(=O)c2c(-c3ccccc3Cl)noc2C)o1. The molecule has 3 rings (SSSR count). The van der Waals surface area contributed by atoms with Crippen LogP contribution in [0.4, 0.5) is 0 Å². The van der Waals surface area contributed by atoms with Gasteiger partial charge in [-0.05, 0) is 32.0 Å². The van der Waals surface area contributed by atoms with Crippen LogP contribution in [-0.2, 0) is 6.54 Å². The van der Waals surface area contributed by atoms with Crippen molar-refractivity contribution in [1.29, 1.82) is 0 Å². The summed E-state index contributed by atoms with van der Waals surface area (Å²) in [6.07, 6.45) is 0. The molecule has 1 aromatic carbocycles. The van der Waals surface area contributed by atoms with Gasteiger partial charge in [-0.1, -0.05) is 35.0 Å². The summed E-state index contributed by atoms with van der Waals surface area (Å²) in [5, 5.41) is 7.30. The highest BCUT2D eigenvalue weighted by Gasteiger charge is 2.22. The van der Waals surface area contributed by atoms with E-state index in [0.717, 1.165) is 5.76 Å². The molecule has 0 spiro atoms. The van der Waals surface area contributed by atoms with E-state index in [2.05, 4.69) is 10.5 Å². The Morgan fingerprint density at radius 3 is 2.70 bits per heavy atom. The molecule has 1 amide bonds. The van der Waals surface area contributed by atoms with Gasteiger partial charge in [-0.15, -0.1) is 0 Å². The summed E-state index contributed by atoms with van der Waals surface area (Å²) in [4.78, 5) is 12.5. The Labute approximate surface area is 138 Å². The van der Waals surface area contributed by atoms with Crippen molar-refractivity contribution >= 4 is 17.5 Å². The summed E-state index contributed by atoms with van der Waals surface area (Å²) in [7, 11) is 0. The number of carbonyl (C=O) groups excluding carboxylic acids is 1. The van der Waals surface area contributed by atoms with E-state index < -0.39 is 0 Å². The molecule has 2 heterocycles. The lowest BCUT2D eigenvalue weighted by Gasteiger charge is -2.05. The van der Waals surface area contributed by atoms with E-state index in [-0.39, 0.29) is 5.91 Å². The third-order valence-corrected chi connectivity index (χ3v) is 3.77. The molecule has 3 aromatic rings. The number of amides is 1. The summed E-state index contributed by atoms with van der Waals surface area (Å²) in [5.41, 5.74) is 1.47. The van der Waals surface area contributed by atoms with E-state index in [1.54, 1.807) is 19.1 Å². The number of aromatic nitrogens is 1. The van der Waals surface area contributed by atoms with Gasteiger partial charge < -0.3 is 14.3 Å². The summed E-state index contributed by atoms with van der Waals surface area (Å²) in [6.45, 7) is 3.84. The predicted molar refractivity (Wildman–Crippen MR) is 86.3 cm³/mol. The van der Waals surface area contributed by atoms with Crippen molar-refractivity contribution < 1.29 is 13.7 Å². The number of hydrogen-bond donors (Lipinski definition) is 1. The van der Waals surface area contributed by atoms with Crippen LogP contribution in [0.3, 0.4) is 0 Å². The van der Waals surface area contributed by atoms with Crippen LogP contribution in [0.2, 0.25) is 5.02 Å². The van der Waals surface area contributed by atoms with E-state index in [9.17, 15) is 4.79 Å². The van der Waals surface area contributed by atoms with E-state index in [1.807, 2.05) is 31.2 Å². The highest BCUT2D eigenvalue weighted by Crippen LogP contribution is 2.30.